The minimum atomic E-state index is -0.235. The van der Waals surface area contributed by atoms with Gasteiger partial charge in [0.1, 0.15) is 0 Å². The first-order chi connectivity index (χ1) is 6.74. The van der Waals surface area contributed by atoms with Crippen molar-refractivity contribution in [3.8, 4) is 0 Å². The number of carbonyl (C=O) groups is 1. The van der Waals surface area contributed by atoms with E-state index >= 15 is 0 Å². The van der Waals surface area contributed by atoms with Crippen molar-refractivity contribution in [3.05, 3.63) is 0 Å². The molecule has 3 nitrogen and oxygen atoms in total. The quantitative estimate of drug-likeness (QED) is 0.735. The Morgan fingerprint density at radius 3 is 2.93 bits per heavy atom. The largest absolute Gasteiger partial charge is 0.368 e. The fraction of sp³-hybridized carbons (Fsp3) is 0.889. The van der Waals surface area contributed by atoms with Gasteiger partial charge in [0, 0.05) is 29.1 Å². The van der Waals surface area contributed by atoms with Crippen molar-refractivity contribution >= 4 is 29.4 Å². The van der Waals surface area contributed by atoms with Crippen molar-refractivity contribution < 1.29 is 4.79 Å². The van der Waals surface area contributed by atoms with Crippen LogP contribution in [0.1, 0.15) is 13.3 Å². The normalized spacial score (nSPS) is 24.5. The zero-order valence-electron chi connectivity index (χ0n) is 8.49. The maximum Gasteiger partial charge on any atom is 0.234 e. The molecule has 0 saturated carbocycles. The van der Waals surface area contributed by atoms with Crippen molar-refractivity contribution in [1.29, 1.82) is 0 Å². The second-order valence-electron chi connectivity index (χ2n) is 3.34. The number of hydrogen-bond donors (Lipinski definition) is 2. The van der Waals surface area contributed by atoms with Gasteiger partial charge in [-0.25, -0.2) is 0 Å². The number of thioether (sulfide) groups is 2. The van der Waals surface area contributed by atoms with Crippen LogP contribution >= 0.6 is 23.5 Å². The predicted molar refractivity (Wildman–Crippen MR) is 64.8 cm³/mol. The first kappa shape index (κ1) is 12.2. The lowest BCUT2D eigenvalue weighted by molar-refractivity contribution is -0.120. The molecule has 1 aliphatic heterocycles. The summed E-state index contributed by atoms with van der Waals surface area (Å²) in [4.78, 5) is 11.0. The van der Waals surface area contributed by atoms with Crippen LogP contribution in [-0.4, -0.2) is 41.0 Å². The van der Waals surface area contributed by atoms with Crippen LogP contribution in [0, 0.1) is 0 Å². The summed E-state index contributed by atoms with van der Waals surface area (Å²) in [5.74, 6) is 3.44. The summed E-state index contributed by atoms with van der Waals surface area (Å²) in [7, 11) is 0. The molecule has 2 unspecified atom stereocenters. The van der Waals surface area contributed by atoms with Crippen LogP contribution in [0.2, 0.25) is 0 Å². The van der Waals surface area contributed by atoms with E-state index in [2.05, 4.69) is 5.32 Å². The molecular weight excluding hydrogens is 216 g/mol. The van der Waals surface area contributed by atoms with Crippen LogP contribution < -0.4 is 11.1 Å². The maximum atomic E-state index is 11.0. The summed E-state index contributed by atoms with van der Waals surface area (Å²) < 4.78 is 0. The lowest BCUT2D eigenvalue weighted by Crippen LogP contribution is -2.44. The van der Waals surface area contributed by atoms with Crippen molar-refractivity contribution in [1.82, 2.24) is 5.32 Å². The molecule has 0 radical (unpaired) electrons. The number of nitrogens with two attached hydrogens (primary N) is 1. The van der Waals surface area contributed by atoms with E-state index in [0.29, 0.717) is 5.25 Å². The SMILES string of the molecule is CCC(NCC1CSCCS1)C(N)=O. The van der Waals surface area contributed by atoms with Gasteiger partial charge in [0.2, 0.25) is 5.91 Å². The summed E-state index contributed by atoms with van der Waals surface area (Å²) in [5.41, 5.74) is 5.25. The third-order valence-corrected chi connectivity index (χ3v) is 5.07. The average molecular weight is 234 g/mol. The van der Waals surface area contributed by atoms with Crippen LogP contribution in [0.4, 0.5) is 0 Å². The first-order valence-corrected chi connectivity index (χ1v) is 7.16. The highest BCUT2D eigenvalue weighted by atomic mass is 32.2. The molecule has 14 heavy (non-hydrogen) atoms. The fourth-order valence-corrected chi connectivity index (χ4v) is 4.00. The molecule has 1 aliphatic rings. The van der Waals surface area contributed by atoms with E-state index in [9.17, 15) is 4.79 Å². The molecule has 0 bridgehead atoms. The van der Waals surface area contributed by atoms with E-state index in [-0.39, 0.29) is 11.9 Å². The molecule has 1 fully saturated rings. The minimum absolute atomic E-state index is 0.150. The van der Waals surface area contributed by atoms with Gasteiger partial charge < -0.3 is 11.1 Å². The highest BCUT2D eigenvalue weighted by Crippen LogP contribution is 2.23. The Labute approximate surface area is 94.0 Å². The predicted octanol–water partition coefficient (Wildman–Crippen LogP) is 0.688. The van der Waals surface area contributed by atoms with Crippen molar-refractivity contribution in [2.24, 2.45) is 5.73 Å². The Kier molecular flexibility index (Phi) is 5.74. The van der Waals surface area contributed by atoms with Gasteiger partial charge >= 0.3 is 0 Å². The number of primary amides is 1. The zero-order chi connectivity index (χ0) is 10.4. The molecule has 0 aromatic rings. The molecule has 1 saturated heterocycles. The van der Waals surface area contributed by atoms with Gasteiger partial charge in [0.15, 0.2) is 0 Å². The van der Waals surface area contributed by atoms with Gasteiger partial charge in [-0.05, 0) is 6.42 Å². The van der Waals surface area contributed by atoms with Crippen molar-refractivity contribution in [2.45, 2.75) is 24.6 Å². The van der Waals surface area contributed by atoms with Crippen LogP contribution in [0.25, 0.3) is 0 Å². The van der Waals surface area contributed by atoms with E-state index in [1.165, 1.54) is 17.3 Å². The van der Waals surface area contributed by atoms with E-state index in [1.54, 1.807) is 0 Å². The first-order valence-electron chi connectivity index (χ1n) is 4.96. The van der Waals surface area contributed by atoms with E-state index in [4.69, 9.17) is 5.73 Å². The van der Waals surface area contributed by atoms with E-state index in [1.807, 2.05) is 30.4 Å². The lowest BCUT2D eigenvalue weighted by atomic mass is 10.2. The summed E-state index contributed by atoms with van der Waals surface area (Å²) in [6.45, 7) is 2.88. The molecule has 1 heterocycles. The summed E-state index contributed by atoms with van der Waals surface area (Å²) >= 11 is 3.99. The molecule has 5 heteroatoms. The molecule has 0 aliphatic carbocycles. The Bertz CT molecular complexity index is 184. The van der Waals surface area contributed by atoms with Gasteiger partial charge in [-0.1, -0.05) is 6.92 Å². The molecule has 3 N–H and O–H groups in total. The smallest absolute Gasteiger partial charge is 0.234 e. The number of amides is 1. The van der Waals surface area contributed by atoms with Crippen LogP contribution in [0.3, 0.4) is 0 Å². The van der Waals surface area contributed by atoms with Gasteiger partial charge in [0.05, 0.1) is 6.04 Å². The number of hydrogen-bond acceptors (Lipinski definition) is 4. The molecule has 1 rings (SSSR count). The monoisotopic (exact) mass is 234 g/mol. The fourth-order valence-electron chi connectivity index (χ4n) is 1.37. The standard InChI is InChI=1S/C9H18N2OS2/c1-2-8(9(10)12)11-5-7-6-13-3-4-14-7/h7-8,11H,2-6H2,1H3,(H2,10,12). The molecule has 1 amide bonds. The summed E-state index contributed by atoms with van der Waals surface area (Å²) in [6.07, 6.45) is 0.778. The molecule has 2 atom stereocenters. The number of rotatable bonds is 5. The molecule has 0 aromatic heterocycles. The Morgan fingerprint density at radius 1 is 1.64 bits per heavy atom. The zero-order valence-corrected chi connectivity index (χ0v) is 10.1. The molecule has 82 valence electrons. The summed E-state index contributed by atoms with van der Waals surface area (Å²) in [5, 5.41) is 3.87. The van der Waals surface area contributed by atoms with Crippen molar-refractivity contribution in [3.63, 3.8) is 0 Å². The van der Waals surface area contributed by atoms with Crippen LogP contribution in [-0.2, 0) is 4.79 Å². The Morgan fingerprint density at radius 2 is 2.43 bits per heavy atom. The Balaban J connectivity index is 2.20. The van der Waals surface area contributed by atoms with E-state index in [0.717, 1.165) is 13.0 Å². The average Bonchev–Trinajstić information content (AvgIpc) is 2.20. The van der Waals surface area contributed by atoms with Crippen molar-refractivity contribution in [2.75, 3.05) is 23.8 Å². The third-order valence-electron chi connectivity index (χ3n) is 2.23. The maximum absolute atomic E-state index is 11.0. The topological polar surface area (TPSA) is 55.1 Å². The second kappa shape index (κ2) is 6.58. The molecular formula is C9H18N2OS2. The summed E-state index contributed by atoms with van der Waals surface area (Å²) in [6, 6.07) is -0.150. The van der Waals surface area contributed by atoms with Crippen LogP contribution in [0.15, 0.2) is 0 Å². The van der Waals surface area contributed by atoms with Gasteiger partial charge in [-0.3, -0.25) is 4.79 Å². The molecule has 0 aromatic carbocycles. The Hall–Kier alpha value is 0.130. The number of carbonyl (C=O) groups excluding carboxylic acids is 1. The van der Waals surface area contributed by atoms with Gasteiger partial charge in [0.25, 0.3) is 0 Å². The third kappa shape index (κ3) is 4.11. The second-order valence-corrected chi connectivity index (χ2v) is 5.90. The lowest BCUT2D eigenvalue weighted by Gasteiger charge is -2.23. The minimum Gasteiger partial charge on any atom is -0.368 e. The highest BCUT2D eigenvalue weighted by Gasteiger charge is 2.17. The number of nitrogens with one attached hydrogen (secondary N) is 1. The van der Waals surface area contributed by atoms with E-state index < -0.39 is 0 Å². The van der Waals surface area contributed by atoms with Gasteiger partial charge in [-0.15, -0.1) is 0 Å². The van der Waals surface area contributed by atoms with Crippen LogP contribution in [0.5, 0.6) is 0 Å². The molecule has 0 spiro atoms. The van der Waals surface area contributed by atoms with Gasteiger partial charge in [-0.2, -0.15) is 23.5 Å². The highest BCUT2D eigenvalue weighted by molar-refractivity contribution is 8.06.